The van der Waals surface area contributed by atoms with E-state index in [0.717, 1.165) is 12.0 Å². The fourth-order valence-electron chi connectivity index (χ4n) is 1.88. The number of aliphatic hydroxyl groups is 1. The van der Waals surface area contributed by atoms with Crippen molar-refractivity contribution >= 4 is 15.9 Å². The Balaban J connectivity index is 2.29. The van der Waals surface area contributed by atoms with Crippen molar-refractivity contribution in [3.05, 3.63) is 63.1 Å². The molecule has 0 heterocycles. The first-order chi connectivity index (χ1) is 8.60. The standard InChI is InChI=1S/C15H15BrO2/c1-10-2-4-11(5-3-10)6-12-7-13(9-17)15(18)14(16)8-12/h2-5,7-8,17-18H,6,9H2,1H3. The Bertz CT molecular complexity index is 547. The number of aryl methyl sites for hydroxylation is 1. The Hall–Kier alpha value is -1.32. The highest BCUT2D eigenvalue weighted by Gasteiger charge is 2.07. The molecule has 0 aliphatic carbocycles. The van der Waals surface area contributed by atoms with Crippen LogP contribution < -0.4 is 0 Å². The summed E-state index contributed by atoms with van der Waals surface area (Å²) in [4.78, 5) is 0. The molecule has 2 aromatic carbocycles. The van der Waals surface area contributed by atoms with Crippen LogP contribution >= 0.6 is 15.9 Å². The van der Waals surface area contributed by atoms with Crippen LogP contribution in [0.2, 0.25) is 0 Å². The Morgan fingerprint density at radius 1 is 1.06 bits per heavy atom. The topological polar surface area (TPSA) is 40.5 Å². The van der Waals surface area contributed by atoms with E-state index in [4.69, 9.17) is 0 Å². The molecule has 94 valence electrons. The van der Waals surface area contributed by atoms with Crippen molar-refractivity contribution in [2.24, 2.45) is 0 Å². The average molecular weight is 307 g/mol. The van der Waals surface area contributed by atoms with Crippen molar-refractivity contribution in [1.29, 1.82) is 0 Å². The summed E-state index contributed by atoms with van der Waals surface area (Å²) in [5.74, 6) is 0.116. The molecular weight excluding hydrogens is 292 g/mol. The first-order valence-corrected chi connectivity index (χ1v) is 6.56. The highest BCUT2D eigenvalue weighted by Crippen LogP contribution is 2.30. The SMILES string of the molecule is Cc1ccc(Cc2cc(Br)c(O)c(CO)c2)cc1. The van der Waals surface area contributed by atoms with E-state index in [0.29, 0.717) is 10.0 Å². The lowest BCUT2D eigenvalue weighted by atomic mass is 10.0. The molecule has 2 nitrogen and oxygen atoms in total. The van der Waals surface area contributed by atoms with Gasteiger partial charge in [0.2, 0.25) is 0 Å². The molecule has 2 rings (SSSR count). The van der Waals surface area contributed by atoms with Gasteiger partial charge in [-0.25, -0.2) is 0 Å². The molecule has 2 aromatic rings. The zero-order valence-corrected chi connectivity index (χ0v) is 11.7. The molecule has 2 N–H and O–H groups in total. The monoisotopic (exact) mass is 306 g/mol. The van der Waals surface area contributed by atoms with E-state index >= 15 is 0 Å². The lowest BCUT2D eigenvalue weighted by molar-refractivity contribution is 0.275. The summed E-state index contributed by atoms with van der Waals surface area (Å²) in [5.41, 5.74) is 4.06. The molecule has 3 heteroatoms. The van der Waals surface area contributed by atoms with Crippen LogP contribution in [0, 0.1) is 6.92 Å². The summed E-state index contributed by atoms with van der Waals surface area (Å²) >= 11 is 3.30. The number of benzene rings is 2. The van der Waals surface area contributed by atoms with Crippen molar-refractivity contribution in [1.82, 2.24) is 0 Å². The highest BCUT2D eigenvalue weighted by molar-refractivity contribution is 9.10. The molecule has 0 aromatic heterocycles. The van der Waals surface area contributed by atoms with E-state index in [1.54, 1.807) is 0 Å². The van der Waals surface area contributed by atoms with Crippen molar-refractivity contribution in [3.8, 4) is 5.75 Å². The van der Waals surface area contributed by atoms with Crippen molar-refractivity contribution in [3.63, 3.8) is 0 Å². The number of rotatable bonds is 3. The molecule has 0 unspecified atom stereocenters. The smallest absolute Gasteiger partial charge is 0.135 e. The van der Waals surface area contributed by atoms with Gasteiger partial charge in [-0.3, -0.25) is 0 Å². The van der Waals surface area contributed by atoms with Crippen LogP contribution in [0.1, 0.15) is 22.3 Å². The van der Waals surface area contributed by atoms with E-state index in [1.807, 2.05) is 12.1 Å². The molecule has 0 aliphatic rings. The van der Waals surface area contributed by atoms with E-state index in [2.05, 4.69) is 47.1 Å². The van der Waals surface area contributed by atoms with Gasteiger partial charge in [-0.1, -0.05) is 29.8 Å². The van der Waals surface area contributed by atoms with Gasteiger partial charge in [0.15, 0.2) is 0 Å². The number of aromatic hydroxyl groups is 1. The Morgan fingerprint density at radius 2 is 1.72 bits per heavy atom. The minimum Gasteiger partial charge on any atom is -0.506 e. The predicted octanol–water partition coefficient (Wildman–Crippen LogP) is 3.55. The van der Waals surface area contributed by atoms with Gasteiger partial charge in [0, 0.05) is 5.56 Å². The largest absolute Gasteiger partial charge is 0.506 e. The third kappa shape index (κ3) is 2.92. The number of phenols is 1. The maximum absolute atomic E-state index is 9.72. The number of hydrogen-bond acceptors (Lipinski definition) is 2. The van der Waals surface area contributed by atoms with Gasteiger partial charge >= 0.3 is 0 Å². The summed E-state index contributed by atoms with van der Waals surface area (Å²) in [5, 5.41) is 18.9. The number of hydrogen-bond donors (Lipinski definition) is 2. The van der Waals surface area contributed by atoms with Gasteiger partial charge in [-0.15, -0.1) is 0 Å². The normalized spacial score (nSPS) is 10.6. The van der Waals surface area contributed by atoms with Crippen LogP contribution in [-0.2, 0) is 13.0 Å². The molecule has 0 aliphatic heterocycles. The molecule has 0 spiro atoms. The van der Waals surface area contributed by atoms with E-state index in [-0.39, 0.29) is 12.4 Å². The molecule has 0 radical (unpaired) electrons. The number of aliphatic hydroxyl groups excluding tert-OH is 1. The quantitative estimate of drug-likeness (QED) is 0.910. The van der Waals surface area contributed by atoms with Crippen LogP contribution in [0.4, 0.5) is 0 Å². The zero-order chi connectivity index (χ0) is 13.1. The Kier molecular flexibility index (Phi) is 4.04. The molecule has 18 heavy (non-hydrogen) atoms. The van der Waals surface area contributed by atoms with Crippen LogP contribution in [0.15, 0.2) is 40.9 Å². The zero-order valence-electron chi connectivity index (χ0n) is 10.2. The van der Waals surface area contributed by atoms with Crippen LogP contribution in [0.5, 0.6) is 5.75 Å². The van der Waals surface area contributed by atoms with Crippen LogP contribution in [0.25, 0.3) is 0 Å². The second-order valence-corrected chi connectivity index (χ2v) is 5.26. The highest BCUT2D eigenvalue weighted by atomic mass is 79.9. The van der Waals surface area contributed by atoms with Crippen molar-refractivity contribution in [2.75, 3.05) is 0 Å². The Morgan fingerprint density at radius 3 is 2.33 bits per heavy atom. The summed E-state index contributed by atoms with van der Waals surface area (Å²) in [6, 6.07) is 12.1. The maximum Gasteiger partial charge on any atom is 0.135 e. The van der Waals surface area contributed by atoms with Crippen LogP contribution in [-0.4, -0.2) is 10.2 Å². The number of halogens is 1. The first-order valence-electron chi connectivity index (χ1n) is 5.77. The lowest BCUT2D eigenvalue weighted by Gasteiger charge is -2.08. The lowest BCUT2D eigenvalue weighted by Crippen LogP contribution is -1.93. The molecule has 0 amide bonds. The third-order valence-electron chi connectivity index (χ3n) is 2.90. The molecule has 0 saturated heterocycles. The van der Waals surface area contributed by atoms with Gasteiger partial charge in [0.1, 0.15) is 5.75 Å². The average Bonchev–Trinajstić information content (AvgIpc) is 2.36. The minimum absolute atomic E-state index is 0.116. The molecule has 0 saturated carbocycles. The van der Waals surface area contributed by atoms with Gasteiger partial charge in [0.05, 0.1) is 11.1 Å². The molecule has 0 atom stereocenters. The van der Waals surface area contributed by atoms with Crippen LogP contribution in [0.3, 0.4) is 0 Å². The Labute approximate surface area is 115 Å². The summed E-state index contributed by atoms with van der Waals surface area (Å²) in [6.45, 7) is 1.90. The maximum atomic E-state index is 9.72. The van der Waals surface area contributed by atoms with E-state index < -0.39 is 0 Å². The van der Waals surface area contributed by atoms with Gasteiger partial charge < -0.3 is 10.2 Å². The fraction of sp³-hybridized carbons (Fsp3) is 0.200. The summed E-state index contributed by atoms with van der Waals surface area (Å²) < 4.78 is 0.621. The summed E-state index contributed by atoms with van der Waals surface area (Å²) in [7, 11) is 0. The van der Waals surface area contributed by atoms with Crippen molar-refractivity contribution in [2.45, 2.75) is 20.0 Å². The predicted molar refractivity (Wildman–Crippen MR) is 75.7 cm³/mol. The minimum atomic E-state index is -0.161. The van der Waals surface area contributed by atoms with Gasteiger partial charge in [0.25, 0.3) is 0 Å². The third-order valence-corrected chi connectivity index (χ3v) is 3.51. The van der Waals surface area contributed by atoms with E-state index in [1.165, 1.54) is 11.1 Å². The van der Waals surface area contributed by atoms with E-state index in [9.17, 15) is 10.2 Å². The van der Waals surface area contributed by atoms with Crippen molar-refractivity contribution < 1.29 is 10.2 Å². The fourth-order valence-corrected chi connectivity index (χ4v) is 2.43. The first kappa shape index (κ1) is 13.1. The van der Waals surface area contributed by atoms with Gasteiger partial charge in [-0.2, -0.15) is 0 Å². The second kappa shape index (κ2) is 5.55. The molecular formula is C15H15BrO2. The molecule has 0 fully saturated rings. The molecule has 0 bridgehead atoms. The second-order valence-electron chi connectivity index (χ2n) is 4.41. The summed E-state index contributed by atoms with van der Waals surface area (Å²) in [6.07, 6.45) is 0.784. The van der Waals surface area contributed by atoms with Gasteiger partial charge in [-0.05, 0) is 52.5 Å².